The van der Waals surface area contributed by atoms with E-state index >= 15 is 0 Å². The van der Waals surface area contributed by atoms with Gasteiger partial charge in [0.15, 0.2) is 0 Å². The lowest BCUT2D eigenvalue weighted by atomic mass is 10.1. The largest absolute Gasteiger partial charge is 0.491 e. The smallest absolute Gasteiger partial charge is 0.124 e. The van der Waals surface area contributed by atoms with E-state index in [2.05, 4.69) is 47.9 Å². The molecule has 2 heterocycles. The molecule has 3 rings (SSSR count). The molecule has 1 aromatic carbocycles. The highest BCUT2D eigenvalue weighted by Crippen LogP contribution is 2.26. The summed E-state index contributed by atoms with van der Waals surface area (Å²) < 4.78 is 5.99. The van der Waals surface area contributed by atoms with Crippen molar-refractivity contribution in [3.63, 3.8) is 0 Å². The Balaban J connectivity index is 1.63. The van der Waals surface area contributed by atoms with Gasteiger partial charge in [-0.3, -0.25) is 4.90 Å². The van der Waals surface area contributed by atoms with Crippen LogP contribution in [-0.2, 0) is 6.54 Å². The minimum Gasteiger partial charge on any atom is -0.491 e. The summed E-state index contributed by atoms with van der Waals surface area (Å²) >= 11 is 0. The quantitative estimate of drug-likeness (QED) is 0.799. The molecule has 1 aromatic rings. The maximum absolute atomic E-state index is 5.99. The van der Waals surface area contributed by atoms with Crippen LogP contribution in [0.3, 0.4) is 0 Å². The lowest BCUT2D eigenvalue weighted by molar-refractivity contribution is 0.180. The first-order valence-corrected chi connectivity index (χ1v) is 8.93. The van der Waals surface area contributed by atoms with Gasteiger partial charge in [0.05, 0.1) is 6.10 Å². The minimum absolute atomic E-state index is 0.236. The number of hydrogen-bond acceptors (Lipinski definition) is 3. The Morgan fingerprint density at radius 2 is 1.86 bits per heavy atom. The normalized spacial score (nSPS) is 23.5. The number of hydrogen-bond donors (Lipinski definition) is 0. The van der Waals surface area contributed by atoms with Crippen molar-refractivity contribution in [2.45, 2.75) is 58.2 Å². The van der Waals surface area contributed by atoms with Crippen LogP contribution in [0.5, 0.6) is 5.75 Å². The van der Waals surface area contributed by atoms with Crippen molar-refractivity contribution in [3.05, 3.63) is 29.8 Å². The number of ether oxygens (including phenoxy) is 1. The number of nitrogens with zero attached hydrogens (tertiary/aromatic N) is 2. The van der Waals surface area contributed by atoms with E-state index < -0.39 is 0 Å². The molecule has 0 aromatic heterocycles. The molecule has 0 bridgehead atoms. The van der Waals surface area contributed by atoms with Crippen molar-refractivity contribution in [1.29, 1.82) is 0 Å². The molecular formula is C19H30N2O. The molecule has 2 aliphatic heterocycles. The third kappa shape index (κ3) is 4.02. The minimum atomic E-state index is 0.236. The fourth-order valence-electron chi connectivity index (χ4n) is 3.80. The van der Waals surface area contributed by atoms with Crippen LogP contribution in [0.25, 0.3) is 0 Å². The number of para-hydroxylation sites is 1. The van der Waals surface area contributed by atoms with Gasteiger partial charge in [0.25, 0.3) is 0 Å². The number of likely N-dealkylation sites (tertiary alicyclic amines) is 2. The Morgan fingerprint density at radius 3 is 2.64 bits per heavy atom. The van der Waals surface area contributed by atoms with Crippen LogP contribution in [0.15, 0.2) is 24.3 Å². The van der Waals surface area contributed by atoms with Gasteiger partial charge in [-0.2, -0.15) is 0 Å². The second kappa shape index (κ2) is 7.47. The summed E-state index contributed by atoms with van der Waals surface area (Å²) in [6.45, 7) is 10.3. The highest BCUT2D eigenvalue weighted by molar-refractivity contribution is 5.33. The molecule has 1 atom stereocenters. The van der Waals surface area contributed by atoms with Gasteiger partial charge >= 0.3 is 0 Å². The van der Waals surface area contributed by atoms with Crippen molar-refractivity contribution in [3.8, 4) is 5.75 Å². The summed E-state index contributed by atoms with van der Waals surface area (Å²) in [5.41, 5.74) is 1.34. The van der Waals surface area contributed by atoms with Gasteiger partial charge in [-0.25, -0.2) is 0 Å². The second-order valence-corrected chi connectivity index (χ2v) is 7.05. The number of rotatable bonds is 6. The lowest BCUT2D eigenvalue weighted by Gasteiger charge is -2.29. The fraction of sp³-hybridized carbons (Fsp3) is 0.684. The van der Waals surface area contributed by atoms with Crippen LogP contribution in [0, 0.1) is 0 Å². The predicted molar refractivity (Wildman–Crippen MR) is 91.3 cm³/mol. The topological polar surface area (TPSA) is 15.7 Å². The summed E-state index contributed by atoms with van der Waals surface area (Å²) in [4.78, 5) is 5.32. The predicted octanol–water partition coefficient (Wildman–Crippen LogP) is 3.53. The van der Waals surface area contributed by atoms with E-state index in [-0.39, 0.29) is 6.10 Å². The summed E-state index contributed by atoms with van der Waals surface area (Å²) in [6.07, 6.45) is 5.70. The molecule has 0 N–H and O–H groups in total. The third-order valence-electron chi connectivity index (χ3n) is 4.88. The average Bonchev–Trinajstić information content (AvgIpc) is 3.14. The zero-order chi connectivity index (χ0) is 15.4. The highest BCUT2D eigenvalue weighted by Gasteiger charge is 2.27. The van der Waals surface area contributed by atoms with Gasteiger partial charge in [-0.05, 0) is 65.2 Å². The zero-order valence-electron chi connectivity index (χ0n) is 14.1. The van der Waals surface area contributed by atoms with E-state index in [9.17, 15) is 0 Å². The maximum Gasteiger partial charge on any atom is 0.124 e. The fourth-order valence-corrected chi connectivity index (χ4v) is 3.80. The van der Waals surface area contributed by atoms with Crippen LogP contribution < -0.4 is 4.74 Å². The maximum atomic E-state index is 5.99. The summed E-state index contributed by atoms with van der Waals surface area (Å²) in [5, 5.41) is 0. The first-order chi connectivity index (χ1) is 10.7. The first-order valence-electron chi connectivity index (χ1n) is 8.93. The third-order valence-corrected chi connectivity index (χ3v) is 4.88. The molecule has 0 spiro atoms. The van der Waals surface area contributed by atoms with Gasteiger partial charge in [-0.15, -0.1) is 0 Å². The van der Waals surface area contributed by atoms with Crippen molar-refractivity contribution >= 4 is 0 Å². The van der Waals surface area contributed by atoms with Crippen LogP contribution in [0.1, 0.15) is 45.1 Å². The van der Waals surface area contributed by atoms with Crippen LogP contribution in [0.4, 0.5) is 0 Å². The Morgan fingerprint density at radius 1 is 1.09 bits per heavy atom. The Kier molecular flexibility index (Phi) is 5.37. The van der Waals surface area contributed by atoms with E-state index in [4.69, 9.17) is 4.74 Å². The molecule has 0 saturated carbocycles. The molecule has 22 heavy (non-hydrogen) atoms. The Hall–Kier alpha value is -1.06. The van der Waals surface area contributed by atoms with Gasteiger partial charge < -0.3 is 9.64 Å². The van der Waals surface area contributed by atoms with E-state index in [1.165, 1.54) is 57.4 Å². The van der Waals surface area contributed by atoms with Crippen LogP contribution in [0.2, 0.25) is 0 Å². The lowest BCUT2D eigenvalue weighted by Crippen LogP contribution is -2.39. The van der Waals surface area contributed by atoms with Gasteiger partial charge in [0.2, 0.25) is 0 Å². The monoisotopic (exact) mass is 302 g/mol. The van der Waals surface area contributed by atoms with E-state index in [0.29, 0.717) is 0 Å². The molecule has 2 fully saturated rings. The van der Waals surface area contributed by atoms with E-state index in [1.54, 1.807) is 0 Å². The van der Waals surface area contributed by atoms with Crippen LogP contribution >= 0.6 is 0 Å². The molecule has 0 aliphatic carbocycles. The van der Waals surface area contributed by atoms with Crippen LogP contribution in [-0.4, -0.2) is 48.1 Å². The standard InChI is InChI=1S/C19H30N2O/c1-16(2)22-19-10-4-3-8-17(19)14-21-13-7-9-18(21)15-20-11-5-6-12-20/h3-4,8,10,16,18H,5-7,9,11-15H2,1-2H3. The zero-order valence-corrected chi connectivity index (χ0v) is 14.1. The van der Waals surface area contributed by atoms with Gasteiger partial charge in [-0.1, -0.05) is 18.2 Å². The van der Waals surface area contributed by atoms with Crippen molar-refractivity contribution in [2.75, 3.05) is 26.2 Å². The molecule has 122 valence electrons. The molecule has 0 amide bonds. The molecule has 0 radical (unpaired) electrons. The Labute approximate surface area is 135 Å². The molecule has 2 saturated heterocycles. The molecule has 2 aliphatic rings. The highest BCUT2D eigenvalue weighted by atomic mass is 16.5. The summed E-state index contributed by atoms with van der Waals surface area (Å²) in [7, 11) is 0. The molecule has 3 nitrogen and oxygen atoms in total. The molecular weight excluding hydrogens is 272 g/mol. The molecule has 1 unspecified atom stereocenters. The number of benzene rings is 1. The second-order valence-electron chi connectivity index (χ2n) is 7.05. The van der Waals surface area contributed by atoms with Gasteiger partial charge in [0.1, 0.15) is 5.75 Å². The van der Waals surface area contributed by atoms with Crippen molar-refractivity contribution in [1.82, 2.24) is 9.80 Å². The van der Waals surface area contributed by atoms with Crippen molar-refractivity contribution < 1.29 is 4.74 Å². The van der Waals surface area contributed by atoms with Crippen molar-refractivity contribution in [2.24, 2.45) is 0 Å². The summed E-state index contributed by atoms with van der Waals surface area (Å²) in [5.74, 6) is 1.06. The Bertz CT molecular complexity index is 468. The first kappa shape index (κ1) is 15.8. The SMILES string of the molecule is CC(C)Oc1ccccc1CN1CCCC1CN1CCCC1. The summed E-state index contributed by atoms with van der Waals surface area (Å²) in [6, 6.07) is 9.27. The van der Waals surface area contributed by atoms with E-state index in [1.807, 2.05) is 0 Å². The van der Waals surface area contributed by atoms with Gasteiger partial charge in [0, 0.05) is 24.7 Å². The average molecular weight is 302 g/mol. The molecule has 3 heteroatoms. The van der Waals surface area contributed by atoms with E-state index in [0.717, 1.165) is 18.3 Å².